The van der Waals surface area contributed by atoms with E-state index >= 15 is 0 Å². The van der Waals surface area contributed by atoms with Gasteiger partial charge in [0.2, 0.25) is 11.8 Å². The van der Waals surface area contributed by atoms with Gasteiger partial charge in [0, 0.05) is 11.4 Å². The molecule has 2 unspecified atom stereocenters. The first-order valence-corrected chi connectivity index (χ1v) is 6.11. The molecule has 2 aliphatic heterocycles. The molecule has 0 bridgehead atoms. The fourth-order valence-electron chi connectivity index (χ4n) is 2.81. The lowest BCUT2D eigenvalue weighted by atomic mass is 9.71. The molecule has 0 aliphatic carbocycles. The number of rotatable bonds is 3. The van der Waals surface area contributed by atoms with Gasteiger partial charge in [-0.05, 0) is 25.7 Å². The van der Waals surface area contributed by atoms with E-state index in [0.717, 1.165) is 11.4 Å². The molecular formula is C12H18N4O2. The van der Waals surface area contributed by atoms with E-state index in [4.69, 9.17) is 0 Å². The Kier molecular flexibility index (Phi) is 3.19. The molecule has 0 radical (unpaired) electrons. The summed E-state index contributed by atoms with van der Waals surface area (Å²) in [5.74, 6) is -0.865. The van der Waals surface area contributed by atoms with Crippen molar-refractivity contribution in [1.29, 1.82) is 0 Å². The summed E-state index contributed by atoms with van der Waals surface area (Å²) in [6.45, 7) is 7.67. The van der Waals surface area contributed by atoms with Gasteiger partial charge in [0.15, 0.2) is 0 Å². The normalized spacial score (nSPS) is 28.9. The highest BCUT2D eigenvalue weighted by atomic mass is 16.2. The summed E-state index contributed by atoms with van der Waals surface area (Å²) in [6.07, 6.45) is 0. The molecule has 2 aliphatic rings. The van der Waals surface area contributed by atoms with Gasteiger partial charge < -0.3 is 0 Å². The third-order valence-electron chi connectivity index (χ3n) is 3.69. The first-order valence-electron chi connectivity index (χ1n) is 6.11. The predicted octanol–water partition coefficient (Wildman–Crippen LogP) is 0.502. The molecule has 0 aromatic heterocycles. The molecule has 2 heterocycles. The van der Waals surface area contributed by atoms with Gasteiger partial charge in [-0.25, -0.2) is 10.9 Å². The van der Waals surface area contributed by atoms with Gasteiger partial charge in [-0.2, -0.15) is 10.2 Å². The monoisotopic (exact) mass is 250 g/mol. The number of carbonyl (C=O) groups is 2. The zero-order chi connectivity index (χ0) is 13.4. The van der Waals surface area contributed by atoms with Crippen molar-refractivity contribution in [3.05, 3.63) is 0 Å². The van der Waals surface area contributed by atoms with E-state index in [2.05, 4.69) is 21.1 Å². The minimum absolute atomic E-state index is 0.109. The zero-order valence-electron chi connectivity index (χ0n) is 11.0. The molecular weight excluding hydrogens is 232 g/mol. The lowest BCUT2D eigenvalue weighted by molar-refractivity contribution is -0.127. The smallest absolute Gasteiger partial charge is 0.249 e. The Morgan fingerprint density at radius 3 is 1.56 bits per heavy atom. The van der Waals surface area contributed by atoms with Gasteiger partial charge in [-0.15, -0.1) is 0 Å². The van der Waals surface area contributed by atoms with Crippen LogP contribution >= 0.6 is 0 Å². The van der Waals surface area contributed by atoms with Crippen LogP contribution in [0.5, 0.6) is 0 Å². The lowest BCUT2D eigenvalue weighted by Gasteiger charge is -2.29. The van der Waals surface area contributed by atoms with Crippen molar-refractivity contribution in [3.63, 3.8) is 0 Å². The van der Waals surface area contributed by atoms with Crippen LogP contribution in [0.2, 0.25) is 0 Å². The second-order valence-corrected chi connectivity index (χ2v) is 5.24. The molecule has 0 aromatic carbocycles. The largest absolute Gasteiger partial charge is 0.272 e. The van der Waals surface area contributed by atoms with E-state index in [0.29, 0.717) is 0 Å². The molecule has 0 fully saturated rings. The van der Waals surface area contributed by atoms with Gasteiger partial charge >= 0.3 is 0 Å². The number of carbonyl (C=O) groups excluding carboxylic acids is 2. The molecule has 6 heteroatoms. The molecule has 2 atom stereocenters. The van der Waals surface area contributed by atoms with Crippen LogP contribution in [0.25, 0.3) is 0 Å². The third kappa shape index (κ3) is 1.91. The predicted molar refractivity (Wildman–Crippen MR) is 67.8 cm³/mol. The Morgan fingerprint density at radius 1 is 0.944 bits per heavy atom. The number of nitrogens with zero attached hydrogens (tertiary/aromatic N) is 2. The Labute approximate surface area is 106 Å². The van der Waals surface area contributed by atoms with Crippen molar-refractivity contribution < 1.29 is 9.59 Å². The van der Waals surface area contributed by atoms with Crippen LogP contribution in [0.15, 0.2) is 10.2 Å². The highest BCUT2D eigenvalue weighted by molar-refractivity contribution is 6.11. The van der Waals surface area contributed by atoms with E-state index in [1.165, 1.54) is 0 Å². The summed E-state index contributed by atoms with van der Waals surface area (Å²) in [5, 5.41) is 7.94. The number of hydrogen-bond acceptors (Lipinski definition) is 4. The molecule has 0 saturated carbocycles. The van der Waals surface area contributed by atoms with Crippen LogP contribution in [0, 0.1) is 23.7 Å². The lowest BCUT2D eigenvalue weighted by Crippen LogP contribution is -2.42. The molecule has 2 N–H and O–H groups in total. The quantitative estimate of drug-likeness (QED) is 0.764. The van der Waals surface area contributed by atoms with Crippen molar-refractivity contribution in [3.8, 4) is 0 Å². The average Bonchev–Trinajstić information content (AvgIpc) is 2.78. The summed E-state index contributed by atoms with van der Waals surface area (Å²) < 4.78 is 0. The standard InChI is InChI=1S/C12H18N4O2/c1-5(2)8(9-6(3)13-15-11(9)17)10-7(4)14-16-12(10)18/h5,8-10H,1-4H3,(H,15,17)(H,16,18). The van der Waals surface area contributed by atoms with E-state index < -0.39 is 0 Å². The zero-order valence-corrected chi connectivity index (χ0v) is 11.0. The van der Waals surface area contributed by atoms with Gasteiger partial charge in [0.1, 0.15) is 0 Å². The van der Waals surface area contributed by atoms with E-state index in [-0.39, 0.29) is 35.5 Å². The van der Waals surface area contributed by atoms with Crippen LogP contribution in [0.1, 0.15) is 27.7 Å². The highest BCUT2D eigenvalue weighted by Crippen LogP contribution is 2.34. The van der Waals surface area contributed by atoms with Crippen molar-refractivity contribution in [2.45, 2.75) is 27.7 Å². The topological polar surface area (TPSA) is 82.9 Å². The van der Waals surface area contributed by atoms with Gasteiger partial charge in [-0.1, -0.05) is 13.8 Å². The summed E-state index contributed by atoms with van der Waals surface area (Å²) in [5.41, 5.74) is 6.45. The first-order chi connectivity index (χ1) is 8.43. The number of hydrogen-bond donors (Lipinski definition) is 2. The SMILES string of the molecule is CC1=NNC(=O)C1C(C(C)C)C1C(=O)NN=C1C. The summed E-state index contributed by atoms with van der Waals surface area (Å²) in [7, 11) is 0. The minimum atomic E-state index is -0.344. The minimum Gasteiger partial charge on any atom is -0.272 e. The average molecular weight is 250 g/mol. The van der Waals surface area contributed by atoms with Crippen molar-refractivity contribution in [2.24, 2.45) is 33.9 Å². The number of amides is 2. The fraction of sp³-hybridized carbons (Fsp3) is 0.667. The Balaban J connectivity index is 2.35. The fourth-order valence-corrected chi connectivity index (χ4v) is 2.81. The molecule has 98 valence electrons. The maximum atomic E-state index is 11.9. The first kappa shape index (κ1) is 12.7. The summed E-state index contributed by atoms with van der Waals surface area (Å²) in [4.78, 5) is 23.8. The van der Waals surface area contributed by atoms with E-state index in [1.807, 2.05) is 27.7 Å². The van der Waals surface area contributed by atoms with Gasteiger partial charge in [0.05, 0.1) is 11.8 Å². The van der Waals surface area contributed by atoms with Crippen LogP contribution in [0.4, 0.5) is 0 Å². The maximum Gasteiger partial charge on any atom is 0.249 e. The van der Waals surface area contributed by atoms with Crippen molar-refractivity contribution in [1.82, 2.24) is 10.9 Å². The summed E-state index contributed by atoms with van der Waals surface area (Å²) in [6, 6.07) is 0. The van der Waals surface area contributed by atoms with Gasteiger partial charge in [0.25, 0.3) is 0 Å². The van der Waals surface area contributed by atoms with Crippen LogP contribution in [0.3, 0.4) is 0 Å². The Hall–Kier alpha value is -1.72. The maximum absolute atomic E-state index is 11.9. The summed E-state index contributed by atoms with van der Waals surface area (Å²) >= 11 is 0. The number of nitrogens with one attached hydrogen (secondary N) is 2. The van der Waals surface area contributed by atoms with Crippen LogP contribution < -0.4 is 10.9 Å². The van der Waals surface area contributed by atoms with Crippen molar-refractivity contribution in [2.75, 3.05) is 0 Å². The molecule has 2 amide bonds. The molecule has 0 saturated heterocycles. The van der Waals surface area contributed by atoms with Crippen LogP contribution in [-0.2, 0) is 9.59 Å². The third-order valence-corrected chi connectivity index (χ3v) is 3.69. The highest BCUT2D eigenvalue weighted by Gasteiger charge is 2.46. The van der Waals surface area contributed by atoms with E-state index in [1.54, 1.807) is 0 Å². The van der Waals surface area contributed by atoms with Gasteiger partial charge in [-0.3, -0.25) is 9.59 Å². The molecule has 0 spiro atoms. The van der Waals surface area contributed by atoms with Crippen LogP contribution in [-0.4, -0.2) is 23.2 Å². The Morgan fingerprint density at radius 2 is 1.33 bits per heavy atom. The number of hydrazone groups is 2. The van der Waals surface area contributed by atoms with E-state index in [9.17, 15) is 9.59 Å². The Bertz CT molecular complexity index is 415. The molecule has 6 nitrogen and oxygen atoms in total. The molecule has 0 aromatic rings. The second-order valence-electron chi connectivity index (χ2n) is 5.24. The molecule has 2 rings (SSSR count). The molecule has 18 heavy (non-hydrogen) atoms. The second kappa shape index (κ2) is 4.51. The van der Waals surface area contributed by atoms with Crippen molar-refractivity contribution >= 4 is 23.2 Å².